The fourth-order valence-corrected chi connectivity index (χ4v) is 3.15. The quantitative estimate of drug-likeness (QED) is 0.833. The Bertz CT molecular complexity index is 385. The average molecular weight is 279 g/mol. The molecule has 1 aromatic rings. The number of nitrogens with zero attached hydrogens (tertiary/aromatic N) is 1. The number of H-pyrrole nitrogens is 1. The molecule has 0 spiro atoms. The summed E-state index contributed by atoms with van der Waals surface area (Å²) < 4.78 is 11.4. The van der Waals surface area contributed by atoms with Crippen LogP contribution >= 0.6 is 0 Å². The zero-order chi connectivity index (χ0) is 14.4. The third-order valence-corrected chi connectivity index (χ3v) is 4.41. The van der Waals surface area contributed by atoms with E-state index in [1.165, 1.54) is 0 Å². The van der Waals surface area contributed by atoms with Gasteiger partial charge in [0.15, 0.2) is 0 Å². The highest BCUT2D eigenvalue weighted by Gasteiger charge is 2.37. The molecule has 0 aromatic carbocycles. The van der Waals surface area contributed by atoms with Crippen molar-refractivity contribution in [2.75, 3.05) is 26.4 Å². The van der Waals surface area contributed by atoms with Gasteiger partial charge in [0.1, 0.15) is 0 Å². The summed E-state index contributed by atoms with van der Waals surface area (Å²) in [5.41, 5.74) is 2.38. The van der Waals surface area contributed by atoms with Crippen molar-refractivity contribution in [3.05, 3.63) is 24.4 Å². The minimum atomic E-state index is 0.195. The molecule has 2 rings (SSSR count). The maximum atomic E-state index is 5.71. The first-order chi connectivity index (χ1) is 9.71. The van der Waals surface area contributed by atoms with Gasteiger partial charge in [-0.05, 0) is 52.0 Å². The maximum Gasteiger partial charge on any atom is 0.0684 e. The monoisotopic (exact) mass is 279 g/mol. The number of nitrogens with one attached hydrogen (secondary N) is 1. The van der Waals surface area contributed by atoms with Crippen LogP contribution in [0.2, 0.25) is 0 Å². The van der Waals surface area contributed by atoms with E-state index in [1.54, 1.807) is 0 Å². The van der Waals surface area contributed by atoms with Crippen molar-refractivity contribution >= 4 is 0 Å². The molecule has 113 valence electrons. The lowest BCUT2D eigenvalue weighted by Crippen LogP contribution is -2.36. The lowest BCUT2D eigenvalue weighted by molar-refractivity contribution is -0.0397. The summed E-state index contributed by atoms with van der Waals surface area (Å²) in [6.45, 7) is 11.3. The molecule has 1 aromatic heterocycles. The van der Waals surface area contributed by atoms with Crippen LogP contribution < -0.4 is 0 Å². The van der Waals surface area contributed by atoms with E-state index < -0.39 is 0 Å². The Hall–Kier alpha value is -0.870. The van der Waals surface area contributed by atoms with Crippen LogP contribution in [0.4, 0.5) is 0 Å². The van der Waals surface area contributed by atoms with Crippen molar-refractivity contribution in [2.45, 2.75) is 45.4 Å². The lowest BCUT2D eigenvalue weighted by Gasteiger charge is -2.39. The molecule has 1 N–H and O–H groups in total. The van der Waals surface area contributed by atoms with Crippen LogP contribution in [-0.4, -0.2) is 36.6 Å². The molecule has 0 amide bonds. The minimum absolute atomic E-state index is 0.195. The van der Waals surface area contributed by atoms with Gasteiger partial charge in [-0.2, -0.15) is 5.10 Å². The summed E-state index contributed by atoms with van der Waals surface area (Å²) in [4.78, 5) is 0. The summed E-state index contributed by atoms with van der Waals surface area (Å²) in [6.07, 6.45) is 6.46. The number of rotatable bonds is 7. The molecule has 1 fully saturated rings. The summed E-state index contributed by atoms with van der Waals surface area (Å²) in [5, 5.41) is 7.28. The Kier molecular flexibility index (Phi) is 5.61. The molecule has 1 aliphatic rings. The van der Waals surface area contributed by atoms with Gasteiger partial charge in [0.2, 0.25) is 0 Å². The number of aromatic nitrogens is 2. The predicted octanol–water partition coefficient (Wildman–Crippen LogP) is 3.31. The molecule has 0 aliphatic heterocycles. The smallest absolute Gasteiger partial charge is 0.0684 e. The third-order valence-electron chi connectivity index (χ3n) is 4.41. The fourth-order valence-electron chi connectivity index (χ4n) is 3.15. The van der Waals surface area contributed by atoms with E-state index in [-0.39, 0.29) is 5.41 Å². The Labute approximate surface area is 122 Å². The van der Waals surface area contributed by atoms with E-state index in [0.29, 0.717) is 5.92 Å². The Morgan fingerprint density at radius 3 is 2.30 bits per heavy atom. The van der Waals surface area contributed by atoms with E-state index in [9.17, 15) is 0 Å². The van der Waals surface area contributed by atoms with Crippen molar-refractivity contribution in [2.24, 2.45) is 5.41 Å². The van der Waals surface area contributed by atoms with Crippen molar-refractivity contribution in [1.82, 2.24) is 10.2 Å². The molecule has 4 heteroatoms. The molecule has 1 saturated carbocycles. The van der Waals surface area contributed by atoms with Gasteiger partial charge in [-0.15, -0.1) is 0 Å². The number of hydrogen-bond acceptors (Lipinski definition) is 3. The van der Waals surface area contributed by atoms with Crippen molar-refractivity contribution < 1.29 is 9.47 Å². The fraction of sp³-hybridized carbons (Fsp3) is 0.750. The van der Waals surface area contributed by atoms with Crippen molar-refractivity contribution in [3.8, 4) is 0 Å². The van der Waals surface area contributed by atoms with Gasteiger partial charge < -0.3 is 9.47 Å². The molecule has 1 radical (unpaired) electrons. The summed E-state index contributed by atoms with van der Waals surface area (Å²) in [6, 6.07) is 0. The molecule has 20 heavy (non-hydrogen) atoms. The summed E-state index contributed by atoms with van der Waals surface area (Å²) in [7, 11) is 0. The van der Waals surface area contributed by atoms with Crippen molar-refractivity contribution in [1.29, 1.82) is 0 Å². The van der Waals surface area contributed by atoms with Gasteiger partial charge in [0.05, 0.1) is 18.9 Å². The van der Waals surface area contributed by atoms with Gasteiger partial charge >= 0.3 is 0 Å². The van der Waals surface area contributed by atoms with Crippen LogP contribution in [0.1, 0.15) is 56.7 Å². The standard InChI is InChI=1S/C16H27N2O2/c1-4-19-11-16(12-20-5-2)8-6-14(7-9-16)15-13(3)10-17-18-15/h10,14H,3-9,11-12H2,1-2H3,(H,17,18). The highest BCUT2D eigenvalue weighted by Crippen LogP contribution is 2.43. The van der Waals surface area contributed by atoms with Gasteiger partial charge in [0, 0.05) is 30.7 Å². The molecule has 1 aliphatic carbocycles. The van der Waals surface area contributed by atoms with Gasteiger partial charge in [-0.1, -0.05) is 0 Å². The van der Waals surface area contributed by atoms with E-state index >= 15 is 0 Å². The molecule has 1 heterocycles. The molecule has 0 unspecified atom stereocenters. The second-order valence-corrected chi connectivity index (χ2v) is 5.84. The first-order valence-electron chi connectivity index (χ1n) is 7.72. The first kappa shape index (κ1) is 15.5. The van der Waals surface area contributed by atoms with Gasteiger partial charge in [-0.3, -0.25) is 5.10 Å². The zero-order valence-electron chi connectivity index (χ0n) is 12.8. The Morgan fingerprint density at radius 2 is 1.85 bits per heavy atom. The predicted molar refractivity (Wildman–Crippen MR) is 79.7 cm³/mol. The molecule has 4 nitrogen and oxygen atoms in total. The molecular formula is C16H27N2O2. The van der Waals surface area contributed by atoms with Gasteiger partial charge in [0.25, 0.3) is 0 Å². The van der Waals surface area contributed by atoms with Crippen LogP contribution in [0.5, 0.6) is 0 Å². The van der Waals surface area contributed by atoms with Gasteiger partial charge in [-0.25, -0.2) is 0 Å². The Morgan fingerprint density at radius 1 is 1.25 bits per heavy atom. The molecule has 0 saturated heterocycles. The van der Waals surface area contributed by atoms with Crippen LogP contribution in [0.3, 0.4) is 0 Å². The van der Waals surface area contributed by atoms with Crippen molar-refractivity contribution in [3.63, 3.8) is 0 Å². The highest BCUT2D eigenvalue weighted by molar-refractivity contribution is 5.23. The lowest BCUT2D eigenvalue weighted by atomic mass is 9.70. The maximum absolute atomic E-state index is 5.71. The zero-order valence-corrected chi connectivity index (χ0v) is 12.8. The number of aromatic amines is 1. The minimum Gasteiger partial charge on any atom is -0.381 e. The summed E-state index contributed by atoms with van der Waals surface area (Å²) >= 11 is 0. The summed E-state index contributed by atoms with van der Waals surface area (Å²) in [5.74, 6) is 0.533. The molecule has 0 bridgehead atoms. The van der Waals surface area contributed by atoms with Crippen LogP contribution in [0, 0.1) is 12.3 Å². The van der Waals surface area contributed by atoms with Crippen LogP contribution in [0.25, 0.3) is 0 Å². The normalized spacial score (nSPS) is 19.4. The topological polar surface area (TPSA) is 47.1 Å². The number of hydrogen-bond donors (Lipinski definition) is 1. The largest absolute Gasteiger partial charge is 0.381 e. The molecule has 0 atom stereocenters. The molecular weight excluding hydrogens is 252 g/mol. The van der Waals surface area contributed by atoms with Crippen LogP contribution in [-0.2, 0) is 9.47 Å². The SMILES string of the molecule is [CH2]c1c[nH]nc1C1CCC(COCC)(COCC)CC1. The second-order valence-electron chi connectivity index (χ2n) is 5.84. The van der Waals surface area contributed by atoms with E-state index in [2.05, 4.69) is 31.0 Å². The van der Waals surface area contributed by atoms with E-state index in [4.69, 9.17) is 9.47 Å². The first-order valence-corrected chi connectivity index (χ1v) is 7.72. The average Bonchev–Trinajstić information content (AvgIpc) is 2.90. The highest BCUT2D eigenvalue weighted by atomic mass is 16.5. The Balaban J connectivity index is 1.96. The van der Waals surface area contributed by atoms with E-state index in [1.807, 2.05) is 6.20 Å². The van der Waals surface area contributed by atoms with Crippen LogP contribution in [0.15, 0.2) is 6.20 Å². The number of ether oxygens (including phenoxy) is 2. The third kappa shape index (κ3) is 3.61. The van der Waals surface area contributed by atoms with E-state index in [0.717, 1.165) is 63.4 Å². The second kappa shape index (κ2) is 7.23.